The zero-order chi connectivity index (χ0) is 12.0. The number of likely N-dealkylation sites (tertiary alicyclic amines) is 1. The van der Waals surface area contributed by atoms with Crippen LogP contribution in [0.15, 0.2) is 5.16 Å². The van der Waals surface area contributed by atoms with E-state index in [9.17, 15) is 0 Å². The predicted octanol–water partition coefficient (Wildman–Crippen LogP) is 2.03. The van der Waals surface area contributed by atoms with Gasteiger partial charge in [0.1, 0.15) is 5.84 Å². The molecular weight excluding hydrogens is 202 g/mol. The van der Waals surface area contributed by atoms with E-state index >= 15 is 0 Å². The van der Waals surface area contributed by atoms with E-state index in [4.69, 9.17) is 10.9 Å². The second kappa shape index (κ2) is 6.09. The second-order valence-corrected chi connectivity index (χ2v) is 5.37. The van der Waals surface area contributed by atoms with Crippen LogP contribution in [0, 0.1) is 5.41 Å². The molecule has 1 rings (SSSR count). The lowest BCUT2D eigenvalue weighted by molar-refractivity contribution is 0.217. The fourth-order valence-electron chi connectivity index (χ4n) is 2.19. The molecule has 0 atom stereocenters. The van der Waals surface area contributed by atoms with E-state index in [2.05, 4.69) is 10.1 Å². The van der Waals surface area contributed by atoms with Crippen molar-refractivity contribution < 1.29 is 5.21 Å². The highest BCUT2D eigenvalue weighted by Gasteiger charge is 2.23. The molecule has 0 radical (unpaired) electrons. The average Bonchev–Trinajstić information content (AvgIpc) is 2.29. The Kier molecular flexibility index (Phi) is 5.06. The van der Waals surface area contributed by atoms with Crippen molar-refractivity contribution in [3.05, 3.63) is 0 Å². The third-order valence-electron chi connectivity index (χ3n) is 3.53. The Hall–Kier alpha value is -0.770. The summed E-state index contributed by atoms with van der Waals surface area (Å²) in [6.07, 6.45) is 6.14. The number of amidine groups is 1. The molecule has 0 bridgehead atoms. The SMILES string of the molecule is CC(C)(CCCN1CCCCC1)C(N)=NO. The van der Waals surface area contributed by atoms with E-state index in [1.807, 2.05) is 13.8 Å². The Morgan fingerprint density at radius 2 is 1.94 bits per heavy atom. The zero-order valence-corrected chi connectivity index (χ0v) is 10.6. The molecule has 1 saturated heterocycles. The Balaban J connectivity index is 2.23. The van der Waals surface area contributed by atoms with Gasteiger partial charge in [-0.2, -0.15) is 0 Å². The molecule has 4 nitrogen and oxygen atoms in total. The van der Waals surface area contributed by atoms with Gasteiger partial charge >= 0.3 is 0 Å². The molecule has 0 spiro atoms. The zero-order valence-electron chi connectivity index (χ0n) is 10.6. The van der Waals surface area contributed by atoms with E-state index < -0.39 is 0 Å². The molecule has 3 N–H and O–H groups in total. The van der Waals surface area contributed by atoms with E-state index in [0.29, 0.717) is 5.84 Å². The molecule has 16 heavy (non-hydrogen) atoms. The summed E-state index contributed by atoms with van der Waals surface area (Å²) in [4.78, 5) is 2.52. The first kappa shape index (κ1) is 13.3. The van der Waals surface area contributed by atoms with Crippen LogP contribution in [0.3, 0.4) is 0 Å². The lowest BCUT2D eigenvalue weighted by atomic mass is 9.86. The normalized spacial score (nSPS) is 20.0. The summed E-state index contributed by atoms with van der Waals surface area (Å²) in [6.45, 7) is 7.67. The van der Waals surface area contributed by atoms with Crippen molar-refractivity contribution >= 4 is 5.84 Å². The minimum absolute atomic E-state index is 0.190. The lowest BCUT2D eigenvalue weighted by Crippen LogP contribution is -2.34. The number of rotatable bonds is 5. The van der Waals surface area contributed by atoms with Crippen molar-refractivity contribution in [2.75, 3.05) is 19.6 Å². The fraction of sp³-hybridized carbons (Fsp3) is 0.917. The van der Waals surface area contributed by atoms with E-state index in [1.54, 1.807) is 0 Å². The Morgan fingerprint density at radius 1 is 1.31 bits per heavy atom. The van der Waals surface area contributed by atoms with Crippen LogP contribution < -0.4 is 5.73 Å². The molecule has 0 saturated carbocycles. The van der Waals surface area contributed by atoms with Gasteiger partial charge < -0.3 is 15.8 Å². The van der Waals surface area contributed by atoms with Crippen LogP contribution in [-0.2, 0) is 0 Å². The van der Waals surface area contributed by atoms with Crippen LogP contribution in [0.1, 0.15) is 46.0 Å². The predicted molar refractivity (Wildman–Crippen MR) is 66.7 cm³/mol. The van der Waals surface area contributed by atoms with Crippen molar-refractivity contribution in [1.29, 1.82) is 0 Å². The van der Waals surface area contributed by atoms with Gasteiger partial charge in [-0.25, -0.2) is 0 Å². The van der Waals surface area contributed by atoms with Crippen LogP contribution in [0.2, 0.25) is 0 Å². The molecule has 94 valence electrons. The molecule has 4 heteroatoms. The third kappa shape index (κ3) is 4.00. The van der Waals surface area contributed by atoms with Crippen LogP contribution in [0.5, 0.6) is 0 Å². The minimum atomic E-state index is -0.190. The van der Waals surface area contributed by atoms with E-state index in [1.165, 1.54) is 32.4 Å². The molecule has 0 amide bonds. The summed E-state index contributed by atoms with van der Waals surface area (Å²) in [5.41, 5.74) is 5.47. The third-order valence-corrected chi connectivity index (χ3v) is 3.53. The lowest BCUT2D eigenvalue weighted by Gasteiger charge is -2.28. The van der Waals surface area contributed by atoms with Gasteiger partial charge in [0.2, 0.25) is 0 Å². The van der Waals surface area contributed by atoms with Crippen LogP contribution in [-0.4, -0.2) is 35.6 Å². The summed E-state index contributed by atoms with van der Waals surface area (Å²) in [7, 11) is 0. The van der Waals surface area contributed by atoms with E-state index in [0.717, 1.165) is 19.4 Å². The molecule has 1 fully saturated rings. The molecule has 0 aliphatic carbocycles. The van der Waals surface area contributed by atoms with Crippen molar-refractivity contribution in [1.82, 2.24) is 4.90 Å². The summed E-state index contributed by atoms with van der Waals surface area (Å²) >= 11 is 0. The quantitative estimate of drug-likeness (QED) is 0.327. The van der Waals surface area contributed by atoms with Crippen LogP contribution in [0.25, 0.3) is 0 Å². The Bertz CT molecular complexity index is 232. The van der Waals surface area contributed by atoms with Gasteiger partial charge in [-0.3, -0.25) is 0 Å². The van der Waals surface area contributed by atoms with Gasteiger partial charge in [-0.05, 0) is 45.3 Å². The molecule has 0 aromatic rings. The maximum Gasteiger partial charge on any atom is 0.144 e. The molecule has 0 aromatic carbocycles. The number of nitrogens with two attached hydrogens (primary N) is 1. The topological polar surface area (TPSA) is 61.8 Å². The van der Waals surface area contributed by atoms with Gasteiger partial charge in [-0.1, -0.05) is 25.4 Å². The van der Waals surface area contributed by atoms with Gasteiger partial charge in [-0.15, -0.1) is 0 Å². The van der Waals surface area contributed by atoms with Gasteiger partial charge in [0.25, 0.3) is 0 Å². The maximum absolute atomic E-state index is 8.67. The van der Waals surface area contributed by atoms with Crippen molar-refractivity contribution in [2.24, 2.45) is 16.3 Å². The van der Waals surface area contributed by atoms with Gasteiger partial charge in [0.15, 0.2) is 0 Å². The first-order valence-electron chi connectivity index (χ1n) is 6.26. The number of nitrogens with zero attached hydrogens (tertiary/aromatic N) is 2. The Labute approximate surface area is 98.5 Å². The highest BCUT2D eigenvalue weighted by atomic mass is 16.4. The monoisotopic (exact) mass is 227 g/mol. The van der Waals surface area contributed by atoms with Crippen molar-refractivity contribution in [2.45, 2.75) is 46.0 Å². The number of piperidine rings is 1. The maximum atomic E-state index is 8.67. The Morgan fingerprint density at radius 3 is 2.50 bits per heavy atom. The van der Waals surface area contributed by atoms with Gasteiger partial charge in [0.05, 0.1) is 0 Å². The first-order chi connectivity index (χ1) is 7.56. The fourth-order valence-corrected chi connectivity index (χ4v) is 2.19. The molecule has 0 aromatic heterocycles. The minimum Gasteiger partial charge on any atom is -0.409 e. The molecule has 0 unspecified atom stereocenters. The van der Waals surface area contributed by atoms with Crippen molar-refractivity contribution in [3.63, 3.8) is 0 Å². The van der Waals surface area contributed by atoms with Crippen LogP contribution in [0.4, 0.5) is 0 Å². The van der Waals surface area contributed by atoms with E-state index in [-0.39, 0.29) is 5.41 Å². The summed E-state index contributed by atoms with van der Waals surface area (Å²) in [5, 5.41) is 11.8. The van der Waals surface area contributed by atoms with Crippen LogP contribution >= 0.6 is 0 Å². The number of hydrogen-bond acceptors (Lipinski definition) is 3. The summed E-state index contributed by atoms with van der Waals surface area (Å²) < 4.78 is 0. The molecule has 1 aliphatic rings. The second-order valence-electron chi connectivity index (χ2n) is 5.37. The highest BCUT2D eigenvalue weighted by Crippen LogP contribution is 2.23. The molecule has 1 heterocycles. The van der Waals surface area contributed by atoms with Gasteiger partial charge in [0, 0.05) is 5.41 Å². The number of oxime groups is 1. The first-order valence-corrected chi connectivity index (χ1v) is 6.26. The smallest absolute Gasteiger partial charge is 0.144 e. The summed E-state index contributed by atoms with van der Waals surface area (Å²) in [6, 6.07) is 0. The molecular formula is C12H25N3O. The highest BCUT2D eigenvalue weighted by molar-refractivity contribution is 5.85. The largest absolute Gasteiger partial charge is 0.409 e. The van der Waals surface area contributed by atoms with Crippen molar-refractivity contribution in [3.8, 4) is 0 Å². The molecule has 1 aliphatic heterocycles. The average molecular weight is 227 g/mol. The standard InChI is InChI=1S/C12H25N3O/c1-12(2,11(13)14-16)7-6-10-15-8-4-3-5-9-15/h16H,3-10H2,1-2H3,(H2,13,14). The number of hydrogen-bond donors (Lipinski definition) is 2. The summed E-state index contributed by atoms with van der Waals surface area (Å²) in [5.74, 6) is 0.339.